The number of para-hydroxylation sites is 2. The lowest BCUT2D eigenvalue weighted by atomic mass is 10.3. The summed E-state index contributed by atoms with van der Waals surface area (Å²) in [5.74, 6) is 2.19. The second-order valence-corrected chi connectivity index (χ2v) is 7.68. The highest BCUT2D eigenvalue weighted by Crippen LogP contribution is 2.24. The highest BCUT2D eigenvalue weighted by Gasteiger charge is 2.16. The number of nitrogens with zero attached hydrogens (tertiary/aromatic N) is 3. The van der Waals surface area contributed by atoms with Crippen LogP contribution >= 0.6 is 11.8 Å². The number of nitrogens with one attached hydrogen (secondary N) is 1. The monoisotopic (exact) mass is 446 g/mol. The molecule has 0 saturated heterocycles. The van der Waals surface area contributed by atoms with E-state index in [0.717, 1.165) is 17.1 Å². The summed E-state index contributed by atoms with van der Waals surface area (Å²) in [7, 11) is 1.62. The molecule has 0 radical (unpaired) electrons. The Kier molecular flexibility index (Phi) is 7.04. The molecule has 4 aromatic rings. The van der Waals surface area contributed by atoms with Gasteiger partial charge in [0.2, 0.25) is 5.91 Å². The molecule has 1 heterocycles. The molecule has 4 rings (SSSR count). The molecule has 0 aliphatic heterocycles. The molecule has 0 atom stereocenters. The molecule has 0 aliphatic rings. The first kappa shape index (κ1) is 21.5. The maximum absolute atomic E-state index is 12.4. The van der Waals surface area contributed by atoms with E-state index in [-0.39, 0.29) is 18.3 Å². The summed E-state index contributed by atoms with van der Waals surface area (Å²) in [5.41, 5.74) is 1.66. The molecule has 1 aromatic heterocycles. The van der Waals surface area contributed by atoms with Gasteiger partial charge >= 0.3 is 0 Å². The highest BCUT2D eigenvalue weighted by molar-refractivity contribution is 7.99. The number of ether oxygens (including phenoxy) is 2. The second-order valence-electron chi connectivity index (χ2n) is 6.74. The normalized spacial score (nSPS) is 10.5. The van der Waals surface area contributed by atoms with Crippen LogP contribution in [0, 0.1) is 0 Å². The van der Waals surface area contributed by atoms with Gasteiger partial charge in [-0.05, 0) is 48.5 Å². The van der Waals surface area contributed by atoms with E-state index in [1.807, 2.05) is 89.5 Å². The molecule has 0 unspecified atom stereocenters. The standard InChI is InChI=1S/C24H22N4O3S/c1-30-20-12-14-21(15-13-20)31-16-22-26-27-24(28(22)19-10-6-3-7-11-19)32-17-23(29)25-18-8-4-2-5-9-18/h2-15H,16-17H2,1H3,(H,25,29). The van der Waals surface area contributed by atoms with E-state index in [1.165, 1.54) is 11.8 Å². The molecule has 1 amide bonds. The minimum Gasteiger partial charge on any atom is -0.497 e. The zero-order chi connectivity index (χ0) is 22.2. The molecule has 162 valence electrons. The van der Waals surface area contributed by atoms with Crippen molar-refractivity contribution in [1.82, 2.24) is 14.8 Å². The quantitative estimate of drug-likeness (QED) is 0.379. The predicted molar refractivity (Wildman–Crippen MR) is 124 cm³/mol. The van der Waals surface area contributed by atoms with Gasteiger partial charge < -0.3 is 14.8 Å². The van der Waals surface area contributed by atoms with Crippen LogP contribution < -0.4 is 14.8 Å². The Morgan fingerprint density at radius 1 is 0.906 bits per heavy atom. The van der Waals surface area contributed by atoms with E-state index in [4.69, 9.17) is 9.47 Å². The summed E-state index contributed by atoms with van der Waals surface area (Å²) >= 11 is 1.32. The predicted octanol–water partition coefficient (Wildman–Crippen LogP) is 4.59. The Labute approximate surface area is 190 Å². The Hall–Kier alpha value is -3.78. The first-order chi connectivity index (χ1) is 15.7. The smallest absolute Gasteiger partial charge is 0.234 e. The van der Waals surface area contributed by atoms with Crippen molar-refractivity contribution in [3.05, 3.63) is 90.8 Å². The van der Waals surface area contributed by atoms with Crippen molar-refractivity contribution in [3.8, 4) is 17.2 Å². The van der Waals surface area contributed by atoms with Gasteiger partial charge in [-0.3, -0.25) is 9.36 Å². The van der Waals surface area contributed by atoms with Gasteiger partial charge in [0.05, 0.1) is 12.9 Å². The van der Waals surface area contributed by atoms with E-state index in [0.29, 0.717) is 16.7 Å². The summed E-state index contributed by atoms with van der Waals surface area (Å²) in [6.07, 6.45) is 0. The Morgan fingerprint density at radius 3 is 2.25 bits per heavy atom. The van der Waals surface area contributed by atoms with E-state index in [9.17, 15) is 4.79 Å². The summed E-state index contributed by atoms with van der Waals surface area (Å²) in [4.78, 5) is 12.4. The van der Waals surface area contributed by atoms with Gasteiger partial charge in [-0.25, -0.2) is 0 Å². The van der Waals surface area contributed by atoms with Gasteiger partial charge in [-0.2, -0.15) is 0 Å². The molecule has 8 heteroatoms. The number of amides is 1. The van der Waals surface area contributed by atoms with Crippen LogP contribution in [0.25, 0.3) is 5.69 Å². The van der Waals surface area contributed by atoms with Crippen LogP contribution in [0.15, 0.2) is 90.1 Å². The van der Waals surface area contributed by atoms with Crippen LogP contribution in [0.4, 0.5) is 5.69 Å². The molecular weight excluding hydrogens is 424 g/mol. The fraction of sp³-hybridized carbons (Fsp3) is 0.125. The van der Waals surface area contributed by atoms with Crippen LogP contribution in [0.2, 0.25) is 0 Å². The van der Waals surface area contributed by atoms with Crippen LogP contribution in [0.5, 0.6) is 11.5 Å². The average Bonchev–Trinajstić information content (AvgIpc) is 3.26. The van der Waals surface area contributed by atoms with Crippen molar-refractivity contribution < 1.29 is 14.3 Å². The lowest BCUT2D eigenvalue weighted by Crippen LogP contribution is -2.14. The Bertz CT molecular complexity index is 1150. The highest BCUT2D eigenvalue weighted by atomic mass is 32.2. The number of carbonyl (C=O) groups excluding carboxylic acids is 1. The SMILES string of the molecule is COc1ccc(OCc2nnc(SCC(=O)Nc3ccccc3)n2-c2ccccc2)cc1. The summed E-state index contributed by atoms with van der Waals surface area (Å²) < 4.78 is 13.0. The molecule has 0 fully saturated rings. The molecule has 0 spiro atoms. The van der Waals surface area contributed by atoms with Crippen LogP contribution in [-0.4, -0.2) is 33.5 Å². The van der Waals surface area contributed by atoms with E-state index in [2.05, 4.69) is 15.5 Å². The van der Waals surface area contributed by atoms with Crippen molar-refractivity contribution >= 4 is 23.4 Å². The number of anilines is 1. The number of hydrogen-bond acceptors (Lipinski definition) is 6. The topological polar surface area (TPSA) is 78.3 Å². The van der Waals surface area contributed by atoms with Crippen molar-refractivity contribution in [3.63, 3.8) is 0 Å². The maximum atomic E-state index is 12.4. The molecule has 32 heavy (non-hydrogen) atoms. The molecule has 3 aromatic carbocycles. The van der Waals surface area contributed by atoms with Gasteiger partial charge in [0.1, 0.15) is 18.1 Å². The van der Waals surface area contributed by atoms with Crippen LogP contribution in [-0.2, 0) is 11.4 Å². The zero-order valence-corrected chi connectivity index (χ0v) is 18.3. The summed E-state index contributed by atoms with van der Waals surface area (Å²) in [5, 5.41) is 12.1. The first-order valence-corrected chi connectivity index (χ1v) is 11.0. The minimum atomic E-state index is -0.111. The van der Waals surface area contributed by atoms with E-state index in [1.54, 1.807) is 7.11 Å². The summed E-state index contributed by atoms with van der Waals surface area (Å²) in [6, 6.07) is 26.5. The molecule has 0 saturated carbocycles. The number of hydrogen-bond donors (Lipinski definition) is 1. The fourth-order valence-electron chi connectivity index (χ4n) is 2.99. The van der Waals surface area contributed by atoms with Crippen LogP contribution in [0.1, 0.15) is 5.82 Å². The van der Waals surface area contributed by atoms with Crippen LogP contribution in [0.3, 0.4) is 0 Å². The largest absolute Gasteiger partial charge is 0.497 e. The van der Waals surface area contributed by atoms with Gasteiger partial charge in [-0.1, -0.05) is 48.2 Å². The number of rotatable bonds is 9. The molecule has 0 bridgehead atoms. The molecular formula is C24H22N4O3S. The number of benzene rings is 3. The van der Waals surface area contributed by atoms with Crippen molar-refractivity contribution in [2.24, 2.45) is 0 Å². The van der Waals surface area contributed by atoms with Crippen molar-refractivity contribution in [2.45, 2.75) is 11.8 Å². The number of methoxy groups -OCH3 is 1. The fourth-order valence-corrected chi connectivity index (χ4v) is 3.76. The van der Waals surface area contributed by atoms with Gasteiger partial charge in [0.25, 0.3) is 0 Å². The third-order valence-corrected chi connectivity index (χ3v) is 5.46. The van der Waals surface area contributed by atoms with Crippen molar-refractivity contribution in [1.29, 1.82) is 0 Å². The molecule has 1 N–H and O–H groups in total. The lowest BCUT2D eigenvalue weighted by Gasteiger charge is -2.11. The minimum absolute atomic E-state index is 0.111. The second kappa shape index (κ2) is 10.5. The zero-order valence-electron chi connectivity index (χ0n) is 17.5. The van der Waals surface area contributed by atoms with Gasteiger partial charge in [0.15, 0.2) is 11.0 Å². The number of carbonyl (C=O) groups is 1. The van der Waals surface area contributed by atoms with E-state index >= 15 is 0 Å². The molecule has 7 nitrogen and oxygen atoms in total. The Balaban J connectivity index is 1.48. The van der Waals surface area contributed by atoms with Crippen molar-refractivity contribution in [2.75, 3.05) is 18.2 Å². The number of aromatic nitrogens is 3. The summed E-state index contributed by atoms with van der Waals surface area (Å²) in [6.45, 7) is 0.227. The molecule has 0 aliphatic carbocycles. The lowest BCUT2D eigenvalue weighted by molar-refractivity contribution is -0.113. The maximum Gasteiger partial charge on any atom is 0.234 e. The Morgan fingerprint density at radius 2 is 1.56 bits per heavy atom. The first-order valence-electron chi connectivity index (χ1n) is 9.97. The van der Waals surface area contributed by atoms with E-state index < -0.39 is 0 Å². The third kappa shape index (κ3) is 5.47. The third-order valence-electron chi connectivity index (χ3n) is 4.53. The van der Waals surface area contributed by atoms with Gasteiger partial charge in [0, 0.05) is 11.4 Å². The van der Waals surface area contributed by atoms with Gasteiger partial charge in [-0.15, -0.1) is 10.2 Å². The number of thioether (sulfide) groups is 1. The average molecular weight is 447 g/mol.